The van der Waals surface area contributed by atoms with Crippen molar-refractivity contribution in [3.8, 4) is 11.8 Å². The smallest absolute Gasteiger partial charge is 0.254 e. The van der Waals surface area contributed by atoms with Crippen molar-refractivity contribution in [1.82, 2.24) is 14.8 Å². The molecule has 2 aromatic carbocycles. The molecule has 1 N–H and O–H groups in total. The number of aromatic nitrogens is 1. The van der Waals surface area contributed by atoms with Gasteiger partial charge in [0.05, 0.1) is 26.4 Å². The first-order valence-corrected chi connectivity index (χ1v) is 13.7. The van der Waals surface area contributed by atoms with Crippen LogP contribution in [-0.4, -0.2) is 60.6 Å². The van der Waals surface area contributed by atoms with E-state index >= 15 is 0 Å². The lowest BCUT2D eigenvalue weighted by Gasteiger charge is -2.53. The highest BCUT2D eigenvalue weighted by Crippen LogP contribution is 2.56. The third kappa shape index (κ3) is 4.46. The van der Waals surface area contributed by atoms with Gasteiger partial charge < -0.3 is 19.4 Å². The van der Waals surface area contributed by atoms with Crippen LogP contribution < -0.4 is 4.74 Å². The largest absolute Gasteiger partial charge is 0.496 e. The SMILES string of the molecule is COc1cc(C)c2[nH]ccc2c1CN1CCC2(CC(C#N)C2)C[C@H]1c1ccc(C(=O)N2CCOCC2)cc1. The molecule has 0 radical (unpaired) electrons. The lowest BCUT2D eigenvalue weighted by Crippen LogP contribution is -2.48. The lowest BCUT2D eigenvalue weighted by atomic mass is 9.56. The van der Waals surface area contributed by atoms with E-state index in [0.29, 0.717) is 26.3 Å². The van der Waals surface area contributed by atoms with Gasteiger partial charge in [0.2, 0.25) is 0 Å². The molecule has 1 spiro atoms. The number of carbonyl (C=O) groups excluding carboxylic acids is 1. The molecule has 3 aliphatic rings. The zero-order valence-corrected chi connectivity index (χ0v) is 22.3. The predicted octanol–water partition coefficient (Wildman–Crippen LogP) is 5.21. The van der Waals surface area contributed by atoms with Crippen LogP contribution in [0.5, 0.6) is 5.75 Å². The summed E-state index contributed by atoms with van der Waals surface area (Å²) in [4.78, 5) is 20.9. The van der Waals surface area contributed by atoms with Gasteiger partial charge in [-0.15, -0.1) is 0 Å². The van der Waals surface area contributed by atoms with Crippen LogP contribution in [0.2, 0.25) is 0 Å². The summed E-state index contributed by atoms with van der Waals surface area (Å²) in [6.07, 6.45) is 6.14. The number of carbonyl (C=O) groups is 1. The Morgan fingerprint density at radius 1 is 1.16 bits per heavy atom. The molecule has 3 aromatic rings. The average molecular weight is 513 g/mol. The molecule has 2 aliphatic heterocycles. The minimum Gasteiger partial charge on any atom is -0.496 e. The first-order chi connectivity index (χ1) is 18.5. The van der Waals surface area contributed by atoms with Crippen LogP contribution in [0.3, 0.4) is 0 Å². The molecule has 7 heteroatoms. The molecular formula is C31H36N4O3. The Bertz CT molecular complexity index is 1360. The van der Waals surface area contributed by atoms with E-state index in [9.17, 15) is 10.1 Å². The summed E-state index contributed by atoms with van der Waals surface area (Å²) in [5.41, 5.74) is 5.75. The molecule has 1 aromatic heterocycles. The van der Waals surface area contributed by atoms with Crippen molar-refractivity contribution in [1.29, 1.82) is 5.26 Å². The summed E-state index contributed by atoms with van der Waals surface area (Å²) in [5, 5.41) is 10.7. The van der Waals surface area contributed by atoms with E-state index in [2.05, 4.69) is 47.1 Å². The molecule has 1 atom stereocenters. The molecule has 3 fully saturated rings. The van der Waals surface area contributed by atoms with Crippen LogP contribution in [-0.2, 0) is 11.3 Å². The highest BCUT2D eigenvalue weighted by Gasteiger charge is 2.49. The monoisotopic (exact) mass is 512 g/mol. The van der Waals surface area contributed by atoms with Gasteiger partial charge in [-0.2, -0.15) is 5.26 Å². The number of nitrogens with one attached hydrogen (secondary N) is 1. The fourth-order valence-corrected chi connectivity index (χ4v) is 6.92. The summed E-state index contributed by atoms with van der Waals surface area (Å²) in [5.74, 6) is 1.19. The van der Waals surface area contributed by atoms with Gasteiger partial charge in [0.25, 0.3) is 5.91 Å². The molecule has 1 amide bonds. The van der Waals surface area contributed by atoms with Crippen LogP contribution in [0.25, 0.3) is 10.9 Å². The van der Waals surface area contributed by atoms with Crippen LogP contribution in [0.1, 0.15) is 58.8 Å². The number of H-pyrrole nitrogens is 1. The number of aromatic amines is 1. The Morgan fingerprint density at radius 2 is 1.92 bits per heavy atom. The van der Waals surface area contributed by atoms with Gasteiger partial charge in [0, 0.05) is 59.8 Å². The summed E-state index contributed by atoms with van der Waals surface area (Å²) in [6, 6.07) is 15.2. The maximum absolute atomic E-state index is 13.0. The first kappa shape index (κ1) is 25.0. The van der Waals surface area contributed by atoms with Gasteiger partial charge >= 0.3 is 0 Å². The van der Waals surface area contributed by atoms with E-state index in [1.807, 2.05) is 23.2 Å². The van der Waals surface area contributed by atoms with E-state index in [-0.39, 0.29) is 23.3 Å². The Morgan fingerprint density at radius 3 is 2.63 bits per heavy atom. The van der Waals surface area contributed by atoms with Crippen LogP contribution in [0.15, 0.2) is 42.6 Å². The van der Waals surface area contributed by atoms with Crippen LogP contribution in [0, 0.1) is 29.6 Å². The number of rotatable bonds is 5. The van der Waals surface area contributed by atoms with E-state index in [0.717, 1.165) is 55.6 Å². The van der Waals surface area contributed by atoms with Crippen molar-refractivity contribution in [2.24, 2.45) is 11.3 Å². The number of amides is 1. The molecule has 38 heavy (non-hydrogen) atoms. The fraction of sp³-hybridized carbons (Fsp3) is 0.484. The summed E-state index contributed by atoms with van der Waals surface area (Å²) in [6.45, 7) is 6.36. The van der Waals surface area contributed by atoms with Gasteiger partial charge in [0.1, 0.15) is 5.75 Å². The number of aryl methyl sites for hydroxylation is 1. The van der Waals surface area contributed by atoms with Gasteiger partial charge in [-0.3, -0.25) is 9.69 Å². The second-order valence-corrected chi connectivity index (χ2v) is 11.3. The Balaban J connectivity index is 1.30. The first-order valence-electron chi connectivity index (χ1n) is 13.7. The molecule has 1 saturated carbocycles. The summed E-state index contributed by atoms with van der Waals surface area (Å²) < 4.78 is 11.3. The highest BCUT2D eigenvalue weighted by molar-refractivity contribution is 5.94. The topological polar surface area (TPSA) is 81.6 Å². The van der Waals surface area contributed by atoms with E-state index in [1.165, 1.54) is 22.1 Å². The second-order valence-electron chi connectivity index (χ2n) is 11.3. The van der Waals surface area contributed by atoms with E-state index in [1.54, 1.807) is 7.11 Å². The number of hydrogen-bond donors (Lipinski definition) is 1. The van der Waals surface area contributed by atoms with E-state index in [4.69, 9.17) is 9.47 Å². The summed E-state index contributed by atoms with van der Waals surface area (Å²) >= 11 is 0. The van der Waals surface area contributed by atoms with Crippen molar-refractivity contribution in [3.05, 3.63) is 64.8 Å². The number of likely N-dealkylation sites (tertiary alicyclic amines) is 1. The number of methoxy groups -OCH3 is 1. The van der Waals surface area contributed by atoms with Crippen molar-refractivity contribution in [2.45, 2.75) is 45.2 Å². The fourth-order valence-electron chi connectivity index (χ4n) is 6.92. The zero-order chi connectivity index (χ0) is 26.3. The van der Waals surface area contributed by atoms with Gasteiger partial charge in [-0.05, 0) is 80.0 Å². The molecule has 198 valence electrons. The standard InChI is InChI=1S/C31H36N4O3/c1-21-15-28(37-2)26(25-7-9-33-29(21)25)20-35-10-8-31(16-22(17-31)19-32)18-27(35)23-3-5-24(6-4-23)30(36)34-11-13-38-14-12-34/h3-7,9,15,22,27,33H,8,10-14,16-18,20H2,1-2H3/t22?,27-,31?/m0/s1. The van der Waals surface area contributed by atoms with Gasteiger partial charge in [-0.1, -0.05) is 12.1 Å². The number of piperidine rings is 1. The normalized spacial score (nSPS) is 25.8. The number of ether oxygens (including phenoxy) is 2. The minimum atomic E-state index is 0.0758. The third-order valence-electron chi connectivity index (χ3n) is 9.07. The number of nitriles is 1. The molecule has 7 nitrogen and oxygen atoms in total. The predicted molar refractivity (Wildman–Crippen MR) is 146 cm³/mol. The van der Waals surface area contributed by atoms with Crippen molar-refractivity contribution in [3.63, 3.8) is 0 Å². The maximum Gasteiger partial charge on any atom is 0.254 e. The zero-order valence-electron chi connectivity index (χ0n) is 22.3. The molecule has 3 heterocycles. The molecule has 1 aliphatic carbocycles. The van der Waals surface area contributed by atoms with Crippen molar-refractivity contribution < 1.29 is 14.3 Å². The van der Waals surface area contributed by atoms with Crippen LogP contribution >= 0.6 is 0 Å². The third-order valence-corrected chi connectivity index (χ3v) is 9.07. The molecule has 6 rings (SSSR count). The van der Waals surface area contributed by atoms with E-state index < -0.39 is 0 Å². The summed E-state index contributed by atoms with van der Waals surface area (Å²) in [7, 11) is 1.75. The molecular weight excluding hydrogens is 476 g/mol. The quantitative estimate of drug-likeness (QED) is 0.507. The Hall–Kier alpha value is -3.34. The minimum absolute atomic E-state index is 0.0758. The average Bonchev–Trinajstić information content (AvgIpc) is 3.44. The number of morpholine rings is 1. The molecule has 0 unspecified atom stereocenters. The van der Waals surface area contributed by atoms with Gasteiger partial charge in [-0.25, -0.2) is 0 Å². The van der Waals surface area contributed by atoms with Crippen molar-refractivity contribution in [2.75, 3.05) is 40.0 Å². The molecule has 2 saturated heterocycles. The number of hydrogen-bond acceptors (Lipinski definition) is 5. The lowest BCUT2D eigenvalue weighted by molar-refractivity contribution is -0.0298. The second kappa shape index (κ2) is 10.1. The molecule has 0 bridgehead atoms. The van der Waals surface area contributed by atoms with Crippen molar-refractivity contribution >= 4 is 16.8 Å². The highest BCUT2D eigenvalue weighted by atomic mass is 16.5. The van der Waals surface area contributed by atoms with Gasteiger partial charge in [0.15, 0.2) is 0 Å². The Kier molecular flexibility index (Phi) is 6.63. The Labute approximate surface area is 224 Å². The number of nitrogens with zero attached hydrogens (tertiary/aromatic N) is 3. The maximum atomic E-state index is 13.0. The van der Waals surface area contributed by atoms with Crippen LogP contribution in [0.4, 0.5) is 0 Å². The number of benzene rings is 2. The number of fused-ring (bicyclic) bond motifs is 1.